The quantitative estimate of drug-likeness (QED) is 0.662. The fraction of sp³-hybridized carbons (Fsp3) is 0.211. The zero-order valence-corrected chi connectivity index (χ0v) is 14.7. The Morgan fingerprint density at radius 2 is 1.69 bits per heavy atom. The maximum atomic E-state index is 12.1. The van der Waals surface area contributed by atoms with Gasteiger partial charge in [-0.3, -0.25) is 9.59 Å². The predicted molar refractivity (Wildman–Crippen MR) is 99.4 cm³/mol. The Morgan fingerprint density at radius 1 is 0.962 bits per heavy atom. The summed E-state index contributed by atoms with van der Waals surface area (Å²) in [6, 6.07) is 13.3. The van der Waals surface area contributed by atoms with E-state index in [0.29, 0.717) is 29.0 Å². The molecule has 0 heterocycles. The van der Waals surface area contributed by atoms with Crippen LogP contribution in [0.15, 0.2) is 48.5 Å². The predicted octanol–water partition coefficient (Wildman–Crippen LogP) is 2.27. The summed E-state index contributed by atoms with van der Waals surface area (Å²) >= 11 is 0. The third kappa shape index (κ3) is 5.34. The maximum Gasteiger partial charge on any atom is 0.337 e. The highest BCUT2D eigenvalue weighted by molar-refractivity contribution is 5.98. The second-order valence-electron chi connectivity index (χ2n) is 5.41. The van der Waals surface area contributed by atoms with E-state index < -0.39 is 5.97 Å². The van der Waals surface area contributed by atoms with Gasteiger partial charge in [-0.25, -0.2) is 4.79 Å². The molecule has 0 bridgehead atoms. The number of hydrogen-bond acceptors (Lipinski definition) is 5. The van der Waals surface area contributed by atoms with Crippen molar-refractivity contribution in [2.75, 3.05) is 30.8 Å². The smallest absolute Gasteiger partial charge is 0.337 e. The molecule has 0 radical (unpaired) electrons. The van der Waals surface area contributed by atoms with E-state index in [0.717, 1.165) is 0 Å². The van der Waals surface area contributed by atoms with Crippen LogP contribution >= 0.6 is 0 Å². The second-order valence-corrected chi connectivity index (χ2v) is 5.41. The Bertz CT molecular complexity index is 788. The number of hydrogen-bond donors (Lipinski definition) is 3. The molecular weight excluding hydrogens is 334 g/mol. The second kappa shape index (κ2) is 9.22. The lowest BCUT2D eigenvalue weighted by atomic mass is 10.2. The van der Waals surface area contributed by atoms with Crippen LogP contribution in [0.2, 0.25) is 0 Å². The molecule has 136 valence electrons. The van der Waals surface area contributed by atoms with Crippen molar-refractivity contribution in [1.29, 1.82) is 0 Å². The zero-order chi connectivity index (χ0) is 18.9. The van der Waals surface area contributed by atoms with Crippen molar-refractivity contribution < 1.29 is 19.1 Å². The topological polar surface area (TPSA) is 96.5 Å². The van der Waals surface area contributed by atoms with E-state index in [1.165, 1.54) is 7.11 Å². The van der Waals surface area contributed by atoms with E-state index in [-0.39, 0.29) is 18.4 Å². The monoisotopic (exact) mass is 355 g/mol. The summed E-state index contributed by atoms with van der Waals surface area (Å²) in [5.41, 5.74) is 2.16. The molecule has 7 nitrogen and oxygen atoms in total. The Hall–Kier alpha value is -3.35. The van der Waals surface area contributed by atoms with E-state index >= 15 is 0 Å². The minimum absolute atomic E-state index is 0.0446. The van der Waals surface area contributed by atoms with Crippen molar-refractivity contribution in [2.45, 2.75) is 6.92 Å². The Labute approximate surface area is 151 Å². The molecule has 2 aromatic carbocycles. The lowest BCUT2D eigenvalue weighted by Crippen LogP contribution is -2.24. The molecule has 0 aliphatic heterocycles. The molecule has 7 heteroatoms. The summed E-state index contributed by atoms with van der Waals surface area (Å²) in [5, 5.41) is 8.40. The van der Waals surface area contributed by atoms with Crippen LogP contribution in [-0.4, -0.2) is 38.0 Å². The molecule has 0 aliphatic rings. The minimum atomic E-state index is -0.415. The molecule has 26 heavy (non-hydrogen) atoms. The number of rotatable bonds is 7. The van der Waals surface area contributed by atoms with Gasteiger partial charge < -0.3 is 20.7 Å². The molecule has 0 aliphatic carbocycles. The highest BCUT2D eigenvalue weighted by Crippen LogP contribution is 2.12. The summed E-state index contributed by atoms with van der Waals surface area (Å²) in [4.78, 5) is 35.3. The van der Waals surface area contributed by atoms with E-state index in [9.17, 15) is 14.4 Å². The lowest BCUT2D eigenvalue weighted by Gasteiger charge is -2.09. The minimum Gasteiger partial charge on any atom is -0.465 e. The van der Waals surface area contributed by atoms with Crippen LogP contribution in [0.25, 0.3) is 0 Å². The summed E-state index contributed by atoms with van der Waals surface area (Å²) in [6.45, 7) is 2.42. The number of anilines is 2. The van der Waals surface area contributed by atoms with Gasteiger partial charge in [0.25, 0.3) is 5.91 Å². The standard InChI is InChI=1S/C19H21N3O4/c1-3-20-18(24)14-5-4-6-16(11-14)22-17(23)12-21-15-9-7-13(8-10-15)19(25)26-2/h4-11,21H,3,12H2,1-2H3,(H,20,24)(H,22,23). The SMILES string of the molecule is CCNC(=O)c1cccc(NC(=O)CNc2ccc(C(=O)OC)cc2)c1. The van der Waals surface area contributed by atoms with E-state index in [1.807, 2.05) is 6.92 Å². The van der Waals surface area contributed by atoms with Crippen molar-refractivity contribution in [3.8, 4) is 0 Å². The number of benzene rings is 2. The van der Waals surface area contributed by atoms with Gasteiger partial charge in [0, 0.05) is 23.5 Å². The third-order valence-corrected chi connectivity index (χ3v) is 3.50. The van der Waals surface area contributed by atoms with Gasteiger partial charge in [0.05, 0.1) is 19.2 Å². The molecule has 0 aromatic heterocycles. The van der Waals surface area contributed by atoms with Gasteiger partial charge in [-0.15, -0.1) is 0 Å². The van der Waals surface area contributed by atoms with Crippen LogP contribution in [0.4, 0.5) is 11.4 Å². The van der Waals surface area contributed by atoms with Gasteiger partial charge >= 0.3 is 5.97 Å². The van der Waals surface area contributed by atoms with Gasteiger partial charge in [-0.1, -0.05) is 6.07 Å². The average Bonchev–Trinajstić information content (AvgIpc) is 2.66. The zero-order valence-electron chi connectivity index (χ0n) is 14.7. The van der Waals surface area contributed by atoms with Crippen LogP contribution in [0, 0.1) is 0 Å². The highest BCUT2D eigenvalue weighted by Gasteiger charge is 2.08. The number of methoxy groups -OCH3 is 1. The molecule has 0 spiro atoms. The molecular formula is C19H21N3O4. The first-order chi connectivity index (χ1) is 12.5. The number of nitrogens with one attached hydrogen (secondary N) is 3. The van der Waals surface area contributed by atoms with Crippen molar-refractivity contribution in [3.05, 3.63) is 59.7 Å². The first-order valence-corrected chi connectivity index (χ1v) is 8.14. The molecule has 2 aromatic rings. The fourth-order valence-electron chi connectivity index (χ4n) is 2.23. The Kier molecular flexibility index (Phi) is 6.73. The molecule has 0 saturated heterocycles. The Morgan fingerprint density at radius 3 is 2.35 bits per heavy atom. The summed E-state index contributed by atoms with van der Waals surface area (Å²) < 4.78 is 4.63. The molecule has 2 rings (SSSR count). The number of carbonyl (C=O) groups excluding carboxylic acids is 3. The molecule has 2 amide bonds. The highest BCUT2D eigenvalue weighted by atomic mass is 16.5. The first-order valence-electron chi connectivity index (χ1n) is 8.14. The number of ether oxygens (including phenoxy) is 1. The van der Waals surface area contributed by atoms with Gasteiger partial charge in [-0.2, -0.15) is 0 Å². The van der Waals surface area contributed by atoms with Crippen molar-refractivity contribution in [1.82, 2.24) is 5.32 Å². The fourth-order valence-corrected chi connectivity index (χ4v) is 2.23. The molecule has 0 atom stereocenters. The number of amides is 2. The normalized spacial score (nSPS) is 9.92. The van der Waals surface area contributed by atoms with Crippen molar-refractivity contribution in [3.63, 3.8) is 0 Å². The first kappa shape index (κ1) is 19.0. The van der Waals surface area contributed by atoms with Crippen LogP contribution in [-0.2, 0) is 9.53 Å². The van der Waals surface area contributed by atoms with E-state index in [4.69, 9.17) is 0 Å². The molecule has 0 saturated carbocycles. The van der Waals surface area contributed by atoms with Crippen LogP contribution in [0.3, 0.4) is 0 Å². The van der Waals surface area contributed by atoms with Crippen LogP contribution < -0.4 is 16.0 Å². The van der Waals surface area contributed by atoms with Crippen LogP contribution in [0.1, 0.15) is 27.6 Å². The van der Waals surface area contributed by atoms with Gasteiger partial charge in [0.1, 0.15) is 0 Å². The summed E-state index contributed by atoms with van der Waals surface area (Å²) in [5.74, 6) is -0.858. The summed E-state index contributed by atoms with van der Waals surface area (Å²) in [7, 11) is 1.32. The van der Waals surface area contributed by atoms with Crippen molar-refractivity contribution in [2.24, 2.45) is 0 Å². The summed E-state index contributed by atoms with van der Waals surface area (Å²) in [6.07, 6.45) is 0. The number of esters is 1. The van der Waals surface area contributed by atoms with Crippen molar-refractivity contribution >= 4 is 29.2 Å². The van der Waals surface area contributed by atoms with E-state index in [1.54, 1.807) is 48.5 Å². The van der Waals surface area contributed by atoms with E-state index in [2.05, 4.69) is 20.7 Å². The number of carbonyl (C=O) groups is 3. The van der Waals surface area contributed by atoms with Gasteiger partial charge in [0.15, 0.2) is 0 Å². The lowest BCUT2D eigenvalue weighted by molar-refractivity contribution is -0.114. The molecule has 3 N–H and O–H groups in total. The average molecular weight is 355 g/mol. The van der Waals surface area contributed by atoms with Gasteiger partial charge in [-0.05, 0) is 49.4 Å². The Balaban J connectivity index is 1.90. The third-order valence-electron chi connectivity index (χ3n) is 3.50. The molecule has 0 unspecified atom stereocenters. The maximum absolute atomic E-state index is 12.1. The van der Waals surface area contributed by atoms with Crippen LogP contribution in [0.5, 0.6) is 0 Å². The largest absolute Gasteiger partial charge is 0.465 e. The van der Waals surface area contributed by atoms with Gasteiger partial charge in [0.2, 0.25) is 5.91 Å². The molecule has 0 fully saturated rings.